The third-order valence-electron chi connectivity index (χ3n) is 2.87. The zero-order valence-electron chi connectivity index (χ0n) is 9.95. The smallest absolute Gasteiger partial charge is 0.255 e. The molecule has 0 aliphatic rings. The first kappa shape index (κ1) is 12.0. The van der Waals surface area contributed by atoms with E-state index in [0.29, 0.717) is 5.56 Å². The van der Waals surface area contributed by atoms with Crippen LogP contribution in [0.5, 0.6) is 0 Å². The molecule has 84 valence electrons. The van der Waals surface area contributed by atoms with E-state index in [0.717, 1.165) is 12.1 Å². The molecule has 2 N–H and O–H groups in total. The van der Waals surface area contributed by atoms with Gasteiger partial charge in [-0.1, -0.05) is 13.0 Å². The summed E-state index contributed by atoms with van der Waals surface area (Å²) in [6.07, 6.45) is 0.948. The lowest BCUT2D eigenvalue weighted by Gasteiger charge is -2.18. The largest absolute Gasteiger partial charge is 0.324 e. The molecule has 0 aromatic carbocycles. The van der Waals surface area contributed by atoms with Crippen LogP contribution in [0, 0.1) is 6.92 Å². The van der Waals surface area contributed by atoms with Gasteiger partial charge in [0.25, 0.3) is 5.56 Å². The molecule has 0 spiro atoms. The summed E-state index contributed by atoms with van der Waals surface area (Å²) < 4.78 is 1.83. The molecule has 2 atom stereocenters. The average molecular weight is 208 g/mol. The molecule has 0 bridgehead atoms. The summed E-state index contributed by atoms with van der Waals surface area (Å²) in [6.45, 7) is 7.93. The molecule has 0 saturated carbocycles. The van der Waals surface area contributed by atoms with Crippen LogP contribution in [0.2, 0.25) is 0 Å². The lowest BCUT2D eigenvalue weighted by atomic mass is 10.1. The van der Waals surface area contributed by atoms with Crippen LogP contribution >= 0.6 is 0 Å². The van der Waals surface area contributed by atoms with Crippen LogP contribution in [0.25, 0.3) is 0 Å². The summed E-state index contributed by atoms with van der Waals surface area (Å²) >= 11 is 0. The van der Waals surface area contributed by atoms with Gasteiger partial charge in [0.15, 0.2) is 0 Å². The molecular weight excluding hydrogens is 188 g/mol. The molecule has 0 aliphatic heterocycles. The maximum Gasteiger partial charge on any atom is 0.255 e. The maximum atomic E-state index is 12.1. The molecule has 0 aliphatic carbocycles. The Balaban J connectivity index is 3.37. The molecule has 3 nitrogen and oxygen atoms in total. The van der Waals surface area contributed by atoms with Gasteiger partial charge < -0.3 is 10.3 Å². The van der Waals surface area contributed by atoms with Crippen molar-refractivity contribution in [3.8, 4) is 0 Å². The Morgan fingerprint density at radius 2 is 2.00 bits per heavy atom. The Kier molecular flexibility index (Phi) is 3.69. The van der Waals surface area contributed by atoms with Gasteiger partial charge in [0.1, 0.15) is 0 Å². The first-order chi connectivity index (χ1) is 6.99. The second-order valence-electron chi connectivity index (χ2n) is 4.15. The highest BCUT2D eigenvalue weighted by Crippen LogP contribution is 2.13. The van der Waals surface area contributed by atoms with E-state index in [9.17, 15) is 4.79 Å². The Labute approximate surface area is 90.9 Å². The number of nitrogens with two attached hydrogens (primary N) is 1. The number of rotatable bonds is 3. The van der Waals surface area contributed by atoms with Gasteiger partial charge in [-0.15, -0.1) is 0 Å². The van der Waals surface area contributed by atoms with Crippen molar-refractivity contribution in [1.29, 1.82) is 0 Å². The minimum atomic E-state index is -0.201. The van der Waals surface area contributed by atoms with Crippen molar-refractivity contribution in [2.24, 2.45) is 5.73 Å². The fourth-order valence-electron chi connectivity index (χ4n) is 1.74. The quantitative estimate of drug-likeness (QED) is 0.827. The molecule has 1 heterocycles. The summed E-state index contributed by atoms with van der Waals surface area (Å²) in [7, 11) is 0. The SMILES string of the molecule is CCC(C)n1c(C)ccc(C(C)N)c1=O. The second kappa shape index (κ2) is 4.62. The standard InChI is InChI=1S/C12H20N2O/c1-5-8(2)14-9(3)6-7-11(10(4)13)12(14)15/h6-8,10H,5,13H2,1-4H3. The van der Waals surface area contributed by atoms with Crippen molar-refractivity contribution in [3.63, 3.8) is 0 Å². The van der Waals surface area contributed by atoms with Crippen LogP contribution in [0.3, 0.4) is 0 Å². The highest BCUT2D eigenvalue weighted by molar-refractivity contribution is 5.18. The molecule has 0 fully saturated rings. The summed E-state index contributed by atoms with van der Waals surface area (Å²) in [5.41, 5.74) is 7.51. The van der Waals surface area contributed by atoms with E-state index in [1.165, 1.54) is 0 Å². The van der Waals surface area contributed by atoms with Crippen molar-refractivity contribution >= 4 is 0 Å². The van der Waals surface area contributed by atoms with E-state index in [1.54, 1.807) is 0 Å². The topological polar surface area (TPSA) is 48.0 Å². The summed E-state index contributed by atoms with van der Waals surface area (Å²) in [5.74, 6) is 0. The Bertz CT molecular complexity index is 393. The first-order valence-electron chi connectivity index (χ1n) is 5.46. The van der Waals surface area contributed by atoms with Crippen LogP contribution in [0.1, 0.15) is 50.5 Å². The van der Waals surface area contributed by atoms with Crippen molar-refractivity contribution in [1.82, 2.24) is 4.57 Å². The van der Waals surface area contributed by atoms with Crippen molar-refractivity contribution < 1.29 is 0 Å². The molecule has 2 unspecified atom stereocenters. The van der Waals surface area contributed by atoms with E-state index in [2.05, 4.69) is 13.8 Å². The summed E-state index contributed by atoms with van der Waals surface area (Å²) in [5, 5.41) is 0. The van der Waals surface area contributed by atoms with E-state index >= 15 is 0 Å². The molecule has 1 aromatic heterocycles. The van der Waals surface area contributed by atoms with Gasteiger partial charge in [0.2, 0.25) is 0 Å². The van der Waals surface area contributed by atoms with Crippen molar-refractivity contribution in [2.45, 2.75) is 46.2 Å². The second-order valence-corrected chi connectivity index (χ2v) is 4.15. The predicted molar refractivity (Wildman–Crippen MR) is 63.0 cm³/mol. The number of aryl methyl sites for hydroxylation is 1. The van der Waals surface area contributed by atoms with Crippen LogP contribution in [-0.2, 0) is 0 Å². The zero-order chi connectivity index (χ0) is 11.6. The van der Waals surface area contributed by atoms with Gasteiger partial charge in [-0.25, -0.2) is 0 Å². The lowest BCUT2D eigenvalue weighted by molar-refractivity contribution is 0.496. The Morgan fingerprint density at radius 1 is 1.40 bits per heavy atom. The average Bonchev–Trinajstić information content (AvgIpc) is 2.16. The molecular formula is C12H20N2O. The van der Waals surface area contributed by atoms with Crippen molar-refractivity contribution in [3.05, 3.63) is 33.7 Å². The fraction of sp³-hybridized carbons (Fsp3) is 0.583. The lowest BCUT2D eigenvalue weighted by Crippen LogP contribution is -2.30. The monoisotopic (exact) mass is 208 g/mol. The summed E-state index contributed by atoms with van der Waals surface area (Å²) in [6, 6.07) is 3.83. The number of hydrogen-bond acceptors (Lipinski definition) is 2. The number of nitrogens with zero attached hydrogens (tertiary/aromatic N) is 1. The summed E-state index contributed by atoms with van der Waals surface area (Å²) in [4.78, 5) is 12.1. The van der Waals surface area contributed by atoms with Gasteiger partial charge >= 0.3 is 0 Å². The molecule has 0 saturated heterocycles. The fourth-order valence-corrected chi connectivity index (χ4v) is 1.74. The minimum absolute atomic E-state index is 0.0550. The van der Waals surface area contributed by atoms with Gasteiger partial charge in [0, 0.05) is 23.3 Å². The van der Waals surface area contributed by atoms with E-state index in [-0.39, 0.29) is 17.6 Å². The minimum Gasteiger partial charge on any atom is -0.324 e. The van der Waals surface area contributed by atoms with Gasteiger partial charge in [-0.3, -0.25) is 4.79 Å². The molecule has 0 radical (unpaired) electrons. The van der Waals surface area contributed by atoms with Gasteiger partial charge in [-0.05, 0) is 33.3 Å². The third-order valence-corrected chi connectivity index (χ3v) is 2.87. The number of hydrogen-bond donors (Lipinski definition) is 1. The predicted octanol–water partition coefficient (Wildman–Crippen LogP) is 2.15. The zero-order valence-corrected chi connectivity index (χ0v) is 9.95. The van der Waals surface area contributed by atoms with Crippen LogP contribution < -0.4 is 11.3 Å². The number of aromatic nitrogens is 1. The number of pyridine rings is 1. The highest BCUT2D eigenvalue weighted by atomic mass is 16.1. The molecule has 1 rings (SSSR count). The maximum absolute atomic E-state index is 12.1. The van der Waals surface area contributed by atoms with Crippen LogP contribution in [-0.4, -0.2) is 4.57 Å². The first-order valence-corrected chi connectivity index (χ1v) is 5.46. The van der Waals surface area contributed by atoms with E-state index in [1.807, 2.05) is 30.5 Å². The van der Waals surface area contributed by atoms with Gasteiger partial charge in [-0.2, -0.15) is 0 Å². The normalized spacial score (nSPS) is 15.0. The van der Waals surface area contributed by atoms with Crippen LogP contribution in [0.15, 0.2) is 16.9 Å². The Hall–Kier alpha value is -1.09. The Morgan fingerprint density at radius 3 is 2.47 bits per heavy atom. The highest BCUT2D eigenvalue weighted by Gasteiger charge is 2.12. The molecule has 3 heteroatoms. The molecule has 15 heavy (non-hydrogen) atoms. The third kappa shape index (κ3) is 2.29. The van der Waals surface area contributed by atoms with Crippen LogP contribution in [0.4, 0.5) is 0 Å². The van der Waals surface area contributed by atoms with E-state index < -0.39 is 0 Å². The van der Waals surface area contributed by atoms with E-state index in [4.69, 9.17) is 5.73 Å². The van der Waals surface area contributed by atoms with Gasteiger partial charge in [0.05, 0.1) is 0 Å². The molecule has 0 amide bonds. The van der Waals surface area contributed by atoms with Crippen molar-refractivity contribution in [2.75, 3.05) is 0 Å². The molecule has 1 aromatic rings.